The number of aliphatic hydroxyl groups excluding tert-OH is 2. The third-order valence-electron chi connectivity index (χ3n) is 5.05. The molecule has 0 spiro atoms. The van der Waals surface area contributed by atoms with E-state index in [-0.39, 0.29) is 24.4 Å². The lowest BCUT2D eigenvalue weighted by atomic mass is 9.85. The second-order valence-corrected chi connectivity index (χ2v) is 7.33. The largest absolute Gasteiger partial charge is 0.462 e. The van der Waals surface area contributed by atoms with Crippen molar-refractivity contribution in [2.24, 2.45) is 5.92 Å². The van der Waals surface area contributed by atoms with E-state index in [9.17, 15) is 24.6 Å². The van der Waals surface area contributed by atoms with Crippen LogP contribution in [0.2, 0.25) is 0 Å². The van der Waals surface area contributed by atoms with E-state index in [1.54, 1.807) is 6.08 Å². The first-order chi connectivity index (χ1) is 14.3. The summed E-state index contributed by atoms with van der Waals surface area (Å²) in [4.78, 5) is 35.7. The molecule has 0 aromatic heterocycles. The Morgan fingerprint density at radius 3 is 2.73 bits per heavy atom. The zero-order valence-electron chi connectivity index (χ0n) is 17.3. The second-order valence-electron chi connectivity index (χ2n) is 7.33. The molecule has 2 N–H and O–H groups in total. The number of hydrogen-bond acceptors (Lipinski definition) is 8. The zero-order valence-corrected chi connectivity index (χ0v) is 17.3. The van der Waals surface area contributed by atoms with Crippen LogP contribution in [0, 0.1) is 5.92 Å². The van der Waals surface area contributed by atoms with Crippen molar-refractivity contribution in [1.29, 1.82) is 0 Å². The Labute approximate surface area is 175 Å². The van der Waals surface area contributed by atoms with Crippen molar-refractivity contribution < 1.29 is 38.8 Å². The fraction of sp³-hybridized carbons (Fsp3) is 0.500. The van der Waals surface area contributed by atoms with Gasteiger partial charge < -0.3 is 24.4 Å². The van der Waals surface area contributed by atoms with Gasteiger partial charge in [0.25, 0.3) is 0 Å². The molecule has 0 aromatic rings. The summed E-state index contributed by atoms with van der Waals surface area (Å²) in [6, 6.07) is 0. The van der Waals surface area contributed by atoms with Gasteiger partial charge in [0.15, 0.2) is 0 Å². The predicted octanol–water partition coefficient (Wildman–Crippen LogP) is 1.53. The van der Waals surface area contributed by atoms with Gasteiger partial charge in [-0.05, 0) is 37.5 Å². The molecule has 8 nitrogen and oxygen atoms in total. The van der Waals surface area contributed by atoms with E-state index in [1.807, 2.05) is 13.0 Å². The summed E-state index contributed by atoms with van der Waals surface area (Å²) >= 11 is 0. The first kappa shape index (κ1) is 23.6. The first-order valence-electron chi connectivity index (χ1n) is 9.76. The predicted molar refractivity (Wildman–Crippen MR) is 107 cm³/mol. The van der Waals surface area contributed by atoms with E-state index in [4.69, 9.17) is 14.2 Å². The van der Waals surface area contributed by atoms with E-state index >= 15 is 0 Å². The van der Waals surface area contributed by atoms with Crippen LogP contribution in [-0.2, 0) is 28.6 Å². The van der Waals surface area contributed by atoms with Crippen LogP contribution in [-0.4, -0.2) is 60.1 Å². The Bertz CT molecular complexity index is 789. The van der Waals surface area contributed by atoms with E-state index in [2.05, 4.69) is 6.58 Å². The lowest BCUT2D eigenvalue weighted by Crippen LogP contribution is -2.34. The van der Waals surface area contributed by atoms with Crippen molar-refractivity contribution in [3.05, 3.63) is 47.1 Å². The molecule has 1 aliphatic heterocycles. The van der Waals surface area contributed by atoms with Crippen LogP contribution in [0.1, 0.15) is 33.1 Å². The van der Waals surface area contributed by atoms with Crippen LogP contribution in [0.4, 0.5) is 0 Å². The van der Waals surface area contributed by atoms with E-state index in [0.29, 0.717) is 19.3 Å². The van der Waals surface area contributed by atoms with Crippen LogP contribution in [0.15, 0.2) is 47.1 Å². The molecule has 0 radical (unpaired) electrons. The van der Waals surface area contributed by atoms with Crippen LogP contribution in [0.5, 0.6) is 0 Å². The average molecular weight is 420 g/mol. The molecule has 0 saturated carbocycles. The summed E-state index contributed by atoms with van der Waals surface area (Å²) in [5, 5.41) is 19.1. The summed E-state index contributed by atoms with van der Waals surface area (Å²) in [5.74, 6) is -2.50. The van der Waals surface area contributed by atoms with Crippen molar-refractivity contribution in [2.45, 2.75) is 45.3 Å². The summed E-state index contributed by atoms with van der Waals surface area (Å²) in [5.41, 5.74) is 1.80. The molecule has 164 valence electrons. The van der Waals surface area contributed by atoms with Crippen LogP contribution >= 0.6 is 0 Å². The van der Waals surface area contributed by atoms with Gasteiger partial charge in [0.2, 0.25) is 0 Å². The van der Waals surface area contributed by atoms with Gasteiger partial charge in [-0.25, -0.2) is 9.59 Å². The van der Waals surface area contributed by atoms with E-state index < -0.39 is 42.6 Å². The second kappa shape index (κ2) is 10.9. The molecule has 8 heteroatoms. The fourth-order valence-electron chi connectivity index (χ4n) is 3.46. The molecular weight excluding hydrogens is 392 g/mol. The molecule has 2 aliphatic rings. The summed E-state index contributed by atoms with van der Waals surface area (Å²) in [6.07, 6.45) is 5.16. The molecule has 0 aromatic carbocycles. The van der Waals surface area contributed by atoms with Gasteiger partial charge in [-0.1, -0.05) is 18.2 Å². The van der Waals surface area contributed by atoms with Crippen molar-refractivity contribution in [2.75, 3.05) is 19.8 Å². The van der Waals surface area contributed by atoms with Gasteiger partial charge in [-0.2, -0.15) is 0 Å². The molecule has 2 rings (SSSR count). The number of hydrogen-bond donors (Lipinski definition) is 2. The van der Waals surface area contributed by atoms with Crippen LogP contribution in [0.3, 0.4) is 0 Å². The Kier molecular flexibility index (Phi) is 8.56. The minimum Gasteiger partial charge on any atom is -0.462 e. The number of carbonyl (C=O) groups is 3. The molecule has 0 bridgehead atoms. The molecule has 3 atom stereocenters. The lowest BCUT2D eigenvalue weighted by Gasteiger charge is -2.27. The topological polar surface area (TPSA) is 119 Å². The first-order valence-corrected chi connectivity index (χ1v) is 9.76. The third kappa shape index (κ3) is 6.14. The van der Waals surface area contributed by atoms with Crippen LogP contribution < -0.4 is 0 Å². The van der Waals surface area contributed by atoms with Gasteiger partial charge in [0.1, 0.15) is 18.8 Å². The molecule has 30 heavy (non-hydrogen) atoms. The smallest absolute Gasteiger partial charge is 0.336 e. The number of ether oxygens (including phenoxy) is 3. The normalized spacial score (nSPS) is 28.4. The zero-order chi connectivity index (χ0) is 22.3. The third-order valence-corrected chi connectivity index (χ3v) is 5.05. The molecule has 1 fully saturated rings. The van der Waals surface area contributed by atoms with Crippen molar-refractivity contribution in [1.82, 2.24) is 0 Å². The van der Waals surface area contributed by atoms with Crippen molar-refractivity contribution in [3.8, 4) is 0 Å². The Balaban J connectivity index is 2.31. The lowest BCUT2D eigenvalue weighted by molar-refractivity contribution is -0.148. The van der Waals surface area contributed by atoms with Crippen molar-refractivity contribution >= 4 is 17.9 Å². The fourth-order valence-corrected chi connectivity index (χ4v) is 3.46. The highest BCUT2D eigenvalue weighted by Crippen LogP contribution is 2.36. The van der Waals surface area contributed by atoms with E-state index in [0.717, 1.165) is 11.1 Å². The van der Waals surface area contributed by atoms with Gasteiger partial charge >= 0.3 is 17.9 Å². The molecule has 0 amide bonds. The average Bonchev–Trinajstić information content (AvgIpc) is 2.96. The number of allylic oxidation sites excluding steroid dienone is 1. The summed E-state index contributed by atoms with van der Waals surface area (Å²) in [6.45, 7) is 6.00. The minimum atomic E-state index is -0.781. The quantitative estimate of drug-likeness (QED) is 0.287. The number of fused-ring (bicyclic) bond motifs is 1. The molecule has 3 unspecified atom stereocenters. The number of esters is 3. The Morgan fingerprint density at radius 2 is 2.10 bits per heavy atom. The maximum atomic E-state index is 12.7. The molecular formula is C22H28O8. The minimum absolute atomic E-state index is 0.0611. The van der Waals surface area contributed by atoms with Gasteiger partial charge in [-0.3, -0.25) is 4.79 Å². The van der Waals surface area contributed by atoms with E-state index in [1.165, 1.54) is 13.0 Å². The molecule has 1 aliphatic carbocycles. The van der Waals surface area contributed by atoms with Gasteiger partial charge in [0.05, 0.1) is 24.7 Å². The Morgan fingerprint density at radius 1 is 1.37 bits per heavy atom. The molecule has 1 saturated heterocycles. The van der Waals surface area contributed by atoms with Gasteiger partial charge in [-0.15, -0.1) is 0 Å². The highest BCUT2D eigenvalue weighted by Gasteiger charge is 2.44. The highest BCUT2D eigenvalue weighted by atomic mass is 16.6. The number of rotatable bonds is 6. The van der Waals surface area contributed by atoms with Crippen LogP contribution in [0.25, 0.3) is 0 Å². The SMILES string of the molecule is C=C1C(=O)OC2/C=C(\CO)CC/C=C(\C)CC(OC(=O)/C(=C\COC(C)=O)CO)C12. The maximum Gasteiger partial charge on any atom is 0.336 e. The highest BCUT2D eigenvalue weighted by molar-refractivity contribution is 5.92. The number of carbonyl (C=O) groups excluding carboxylic acids is 3. The van der Waals surface area contributed by atoms with Crippen molar-refractivity contribution in [3.63, 3.8) is 0 Å². The maximum absolute atomic E-state index is 12.7. The molecule has 1 heterocycles. The van der Waals surface area contributed by atoms with Gasteiger partial charge in [0, 0.05) is 18.9 Å². The Hall–Kier alpha value is -2.71. The summed E-state index contributed by atoms with van der Waals surface area (Å²) in [7, 11) is 0. The standard InChI is InChI=1S/C22H28O8/c1-13-5-4-6-16(11-23)10-19-20(14(2)21(26)29-19)18(9-13)30-22(27)17(12-24)7-8-28-15(3)25/h5,7,10,18-20,23-24H,2,4,6,8-9,11-12H2,1,3H3/b13-5+,16-10-,17-7-. The monoisotopic (exact) mass is 420 g/mol. The summed E-state index contributed by atoms with van der Waals surface area (Å²) < 4.78 is 15.9. The number of aliphatic hydroxyl groups is 2.